The van der Waals surface area contributed by atoms with Gasteiger partial charge in [0.05, 0.1) is 6.54 Å². The van der Waals surface area contributed by atoms with Crippen molar-refractivity contribution in [1.29, 1.82) is 0 Å². The molecule has 0 radical (unpaired) electrons. The minimum atomic E-state index is -0.376. The van der Waals surface area contributed by atoms with Gasteiger partial charge in [0.2, 0.25) is 11.8 Å². The number of primary amides is 1. The fourth-order valence-corrected chi connectivity index (χ4v) is 4.89. The molecule has 170 valence electrons. The summed E-state index contributed by atoms with van der Waals surface area (Å²) in [5.41, 5.74) is 7.10. The SMILES string of the molecule is NC(=O)c1ccc(CCCN2CCN(CC(=O)N3CCN(C4CCC4)CC3)CC2)cc1. The van der Waals surface area contributed by atoms with Crippen LogP contribution in [0.15, 0.2) is 24.3 Å². The molecule has 0 unspecified atom stereocenters. The molecule has 2 amide bonds. The molecule has 0 bridgehead atoms. The van der Waals surface area contributed by atoms with Crippen molar-refractivity contribution in [2.45, 2.75) is 38.1 Å². The van der Waals surface area contributed by atoms with Crippen molar-refractivity contribution < 1.29 is 9.59 Å². The van der Waals surface area contributed by atoms with Crippen LogP contribution < -0.4 is 5.73 Å². The van der Waals surface area contributed by atoms with Gasteiger partial charge in [-0.15, -0.1) is 0 Å². The Bertz CT molecular complexity index is 733. The number of hydrogen-bond donors (Lipinski definition) is 1. The molecule has 3 fully saturated rings. The van der Waals surface area contributed by atoms with Crippen molar-refractivity contribution >= 4 is 11.8 Å². The van der Waals surface area contributed by atoms with Crippen molar-refractivity contribution in [3.8, 4) is 0 Å². The van der Waals surface area contributed by atoms with E-state index in [1.54, 1.807) is 12.1 Å². The Balaban J connectivity index is 1.10. The van der Waals surface area contributed by atoms with Gasteiger partial charge in [0.1, 0.15) is 0 Å². The van der Waals surface area contributed by atoms with Crippen molar-refractivity contribution in [3.63, 3.8) is 0 Å². The monoisotopic (exact) mass is 427 g/mol. The van der Waals surface area contributed by atoms with Crippen LogP contribution in [-0.2, 0) is 11.2 Å². The fraction of sp³-hybridized carbons (Fsp3) is 0.667. The summed E-state index contributed by atoms with van der Waals surface area (Å²) in [4.78, 5) is 33.4. The molecule has 3 aliphatic rings. The Kier molecular flexibility index (Phi) is 7.58. The highest BCUT2D eigenvalue weighted by Gasteiger charge is 2.30. The van der Waals surface area contributed by atoms with E-state index in [0.29, 0.717) is 18.0 Å². The molecule has 2 saturated heterocycles. The van der Waals surface area contributed by atoms with Gasteiger partial charge in [-0.2, -0.15) is 0 Å². The number of piperazine rings is 2. The normalized spacial score (nSPS) is 21.7. The summed E-state index contributed by atoms with van der Waals surface area (Å²) in [6.45, 7) is 9.55. The number of amides is 2. The molecule has 0 spiro atoms. The third-order valence-electron chi connectivity index (χ3n) is 7.26. The molecule has 0 aromatic heterocycles. The molecule has 31 heavy (non-hydrogen) atoms. The standard InChI is InChI=1S/C24H37N5O2/c25-24(31)21-8-6-20(7-9-21)3-2-10-26-11-13-27(14-12-26)19-23(30)29-17-15-28(16-18-29)22-4-1-5-22/h6-9,22H,1-5,10-19H2,(H2,25,31). The Morgan fingerprint density at radius 1 is 0.871 bits per heavy atom. The van der Waals surface area contributed by atoms with Crippen LogP contribution in [0.2, 0.25) is 0 Å². The summed E-state index contributed by atoms with van der Waals surface area (Å²) in [6, 6.07) is 8.40. The second-order valence-electron chi connectivity index (χ2n) is 9.28. The van der Waals surface area contributed by atoms with E-state index < -0.39 is 0 Å². The molecule has 7 nitrogen and oxygen atoms in total. The maximum atomic E-state index is 12.7. The molecule has 4 rings (SSSR count). The lowest BCUT2D eigenvalue weighted by Crippen LogP contribution is -2.56. The molecule has 2 N–H and O–H groups in total. The van der Waals surface area contributed by atoms with E-state index in [9.17, 15) is 9.59 Å². The Morgan fingerprint density at radius 2 is 1.52 bits per heavy atom. The lowest BCUT2D eigenvalue weighted by Gasteiger charge is -2.43. The number of nitrogens with zero attached hydrogens (tertiary/aromatic N) is 4. The summed E-state index contributed by atoms with van der Waals surface area (Å²) in [7, 11) is 0. The second-order valence-corrected chi connectivity index (χ2v) is 9.28. The number of nitrogens with two attached hydrogens (primary N) is 1. The van der Waals surface area contributed by atoms with Crippen molar-refractivity contribution in [2.24, 2.45) is 5.73 Å². The topological polar surface area (TPSA) is 73.1 Å². The Labute approximate surface area is 186 Å². The Morgan fingerprint density at radius 3 is 2.10 bits per heavy atom. The molecular weight excluding hydrogens is 390 g/mol. The van der Waals surface area contributed by atoms with Gasteiger partial charge in [-0.05, 0) is 49.9 Å². The predicted octanol–water partition coefficient (Wildman–Crippen LogP) is 1.03. The van der Waals surface area contributed by atoms with Crippen LogP contribution in [0, 0.1) is 0 Å². The van der Waals surface area contributed by atoms with Gasteiger partial charge in [0, 0.05) is 64.0 Å². The van der Waals surface area contributed by atoms with Crippen LogP contribution in [-0.4, -0.2) is 103 Å². The van der Waals surface area contributed by atoms with Crippen LogP contribution in [0.4, 0.5) is 0 Å². The average molecular weight is 428 g/mol. The van der Waals surface area contributed by atoms with E-state index in [-0.39, 0.29) is 5.91 Å². The molecule has 7 heteroatoms. The summed E-state index contributed by atoms with van der Waals surface area (Å²) >= 11 is 0. The number of benzene rings is 1. The minimum absolute atomic E-state index is 0.307. The largest absolute Gasteiger partial charge is 0.366 e. The number of carbonyl (C=O) groups is 2. The first-order chi connectivity index (χ1) is 15.1. The maximum absolute atomic E-state index is 12.7. The van der Waals surface area contributed by atoms with Gasteiger partial charge < -0.3 is 15.5 Å². The first-order valence-electron chi connectivity index (χ1n) is 11.9. The highest BCUT2D eigenvalue weighted by Crippen LogP contribution is 2.25. The lowest BCUT2D eigenvalue weighted by molar-refractivity contribution is -0.135. The third kappa shape index (κ3) is 6.05. The van der Waals surface area contributed by atoms with E-state index in [0.717, 1.165) is 77.8 Å². The highest BCUT2D eigenvalue weighted by atomic mass is 16.2. The molecular formula is C24H37N5O2. The number of hydrogen-bond acceptors (Lipinski definition) is 5. The van der Waals surface area contributed by atoms with Gasteiger partial charge in [-0.3, -0.25) is 19.4 Å². The van der Waals surface area contributed by atoms with E-state index in [1.807, 2.05) is 12.1 Å². The molecule has 1 aliphatic carbocycles. The maximum Gasteiger partial charge on any atom is 0.248 e. The van der Waals surface area contributed by atoms with Crippen molar-refractivity contribution in [2.75, 3.05) is 65.4 Å². The molecule has 1 aromatic rings. The van der Waals surface area contributed by atoms with Gasteiger partial charge in [0.15, 0.2) is 0 Å². The van der Waals surface area contributed by atoms with E-state index >= 15 is 0 Å². The van der Waals surface area contributed by atoms with Crippen molar-refractivity contribution in [3.05, 3.63) is 35.4 Å². The van der Waals surface area contributed by atoms with Crippen LogP contribution in [0.5, 0.6) is 0 Å². The zero-order chi connectivity index (χ0) is 21.6. The van der Waals surface area contributed by atoms with Crippen LogP contribution in [0.25, 0.3) is 0 Å². The van der Waals surface area contributed by atoms with Crippen LogP contribution >= 0.6 is 0 Å². The summed E-state index contributed by atoms with van der Waals surface area (Å²) in [6.07, 6.45) is 6.17. The van der Waals surface area contributed by atoms with E-state index in [2.05, 4.69) is 19.6 Å². The van der Waals surface area contributed by atoms with E-state index in [4.69, 9.17) is 5.73 Å². The van der Waals surface area contributed by atoms with Gasteiger partial charge in [-0.25, -0.2) is 0 Å². The van der Waals surface area contributed by atoms with Crippen molar-refractivity contribution in [1.82, 2.24) is 19.6 Å². The molecule has 2 aliphatic heterocycles. The van der Waals surface area contributed by atoms with Crippen LogP contribution in [0.1, 0.15) is 41.6 Å². The molecule has 0 atom stereocenters. The molecule has 2 heterocycles. The van der Waals surface area contributed by atoms with Crippen LogP contribution in [0.3, 0.4) is 0 Å². The molecule has 1 saturated carbocycles. The highest BCUT2D eigenvalue weighted by molar-refractivity contribution is 5.92. The molecule has 1 aromatic carbocycles. The smallest absolute Gasteiger partial charge is 0.248 e. The number of aryl methyl sites for hydroxylation is 1. The summed E-state index contributed by atoms with van der Waals surface area (Å²) < 4.78 is 0. The summed E-state index contributed by atoms with van der Waals surface area (Å²) in [5.74, 6) is -0.0695. The zero-order valence-corrected chi connectivity index (χ0v) is 18.7. The number of carbonyl (C=O) groups excluding carboxylic acids is 2. The van der Waals surface area contributed by atoms with Gasteiger partial charge in [-0.1, -0.05) is 18.6 Å². The quantitative estimate of drug-likeness (QED) is 0.671. The first-order valence-corrected chi connectivity index (χ1v) is 11.9. The van der Waals surface area contributed by atoms with Gasteiger partial charge in [0.25, 0.3) is 0 Å². The minimum Gasteiger partial charge on any atom is -0.366 e. The first kappa shape index (κ1) is 22.2. The Hall–Kier alpha value is -1.96. The predicted molar refractivity (Wildman–Crippen MR) is 122 cm³/mol. The average Bonchev–Trinajstić information content (AvgIpc) is 2.74. The van der Waals surface area contributed by atoms with E-state index in [1.165, 1.54) is 24.8 Å². The van der Waals surface area contributed by atoms with Gasteiger partial charge >= 0.3 is 0 Å². The lowest BCUT2D eigenvalue weighted by atomic mass is 9.91. The zero-order valence-electron chi connectivity index (χ0n) is 18.7. The summed E-state index contributed by atoms with van der Waals surface area (Å²) in [5, 5.41) is 0. The number of rotatable bonds is 8. The fourth-order valence-electron chi connectivity index (χ4n) is 4.89. The third-order valence-corrected chi connectivity index (χ3v) is 7.26. The second kappa shape index (κ2) is 10.6.